The molecule has 0 saturated carbocycles. The first-order valence-electron chi connectivity index (χ1n) is 10.0. The van der Waals surface area contributed by atoms with E-state index in [4.69, 9.17) is 9.47 Å². The first kappa shape index (κ1) is 21.7. The van der Waals surface area contributed by atoms with Crippen molar-refractivity contribution in [3.8, 4) is 0 Å². The third-order valence-electron chi connectivity index (χ3n) is 6.34. The van der Waals surface area contributed by atoms with Crippen LogP contribution in [-0.2, 0) is 19.1 Å². The lowest BCUT2D eigenvalue weighted by atomic mass is 9.62. The lowest BCUT2D eigenvalue weighted by molar-refractivity contribution is -0.142. The van der Waals surface area contributed by atoms with Crippen LogP contribution >= 0.6 is 0 Å². The van der Waals surface area contributed by atoms with Crippen LogP contribution in [0.3, 0.4) is 0 Å². The maximum absolute atomic E-state index is 12.0. The van der Waals surface area contributed by atoms with Crippen molar-refractivity contribution in [2.75, 3.05) is 13.2 Å². The van der Waals surface area contributed by atoms with Crippen LogP contribution in [0, 0.1) is 17.3 Å². The van der Waals surface area contributed by atoms with Crippen LogP contribution in [-0.4, -0.2) is 36.4 Å². The highest BCUT2D eigenvalue weighted by atomic mass is 16.5. The van der Waals surface area contributed by atoms with Gasteiger partial charge >= 0.3 is 11.9 Å². The molecule has 0 saturated heterocycles. The maximum Gasteiger partial charge on any atom is 0.337 e. The molecule has 2 unspecified atom stereocenters. The minimum absolute atomic E-state index is 0.113. The van der Waals surface area contributed by atoms with Gasteiger partial charge in [0.2, 0.25) is 0 Å². The van der Waals surface area contributed by atoms with Gasteiger partial charge in [0.15, 0.2) is 0 Å². The number of hydrogen-bond acceptors (Lipinski definition) is 5. The van der Waals surface area contributed by atoms with Gasteiger partial charge in [-0.3, -0.25) is 4.79 Å². The van der Waals surface area contributed by atoms with Crippen molar-refractivity contribution in [1.29, 1.82) is 0 Å². The van der Waals surface area contributed by atoms with Crippen molar-refractivity contribution in [2.24, 2.45) is 17.3 Å². The Morgan fingerprint density at radius 3 is 2.81 bits per heavy atom. The molecule has 152 valence electrons. The molecular weight excluding hydrogens is 344 g/mol. The van der Waals surface area contributed by atoms with E-state index < -0.39 is 6.10 Å². The minimum Gasteiger partial charge on any atom is -0.466 e. The zero-order valence-corrected chi connectivity index (χ0v) is 17.3. The topological polar surface area (TPSA) is 72.8 Å². The molecule has 5 heteroatoms. The molecule has 0 aromatic carbocycles. The summed E-state index contributed by atoms with van der Waals surface area (Å²) < 4.78 is 10.3. The Labute approximate surface area is 162 Å². The summed E-state index contributed by atoms with van der Waals surface area (Å²) in [5.74, 6) is 0.0863. The molecule has 2 aliphatic rings. The minimum atomic E-state index is -0.687. The quantitative estimate of drug-likeness (QED) is 0.511. The summed E-state index contributed by atoms with van der Waals surface area (Å²) >= 11 is 0. The Morgan fingerprint density at radius 1 is 1.44 bits per heavy atom. The van der Waals surface area contributed by atoms with E-state index in [0.29, 0.717) is 37.0 Å². The number of carbonyl (C=O) groups excluding carboxylic acids is 2. The van der Waals surface area contributed by atoms with Crippen LogP contribution < -0.4 is 0 Å². The molecule has 27 heavy (non-hydrogen) atoms. The van der Waals surface area contributed by atoms with Gasteiger partial charge in [0.05, 0.1) is 18.3 Å². The second kappa shape index (κ2) is 9.05. The van der Waals surface area contributed by atoms with Crippen molar-refractivity contribution in [1.82, 2.24) is 0 Å². The van der Waals surface area contributed by atoms with Crippen molar-refractivity contribution >= 4 is 11.9 Å². The summed E-state index contributed by atoms with van der Waals surface area (Å²) in [5.41, 5.74) is 2.73. The number of hydrogen-bond donors (Lipinski definition) is 1. The molecule has 2 rings (SSSR count). The fourth-order valence-electron chi connectivity index (χ4n) is 4.15. The summed E-state index contributed by atoms with van der Waals surface area (Å²) in [4.78, 5) is 22.8. The molecule has 0 bridgehead atoms. The van der Waals surface area contributed by atoms with E-state index in [2.05, 4.69) is 33.8 Å². The predicted molar refractivity (Wildman–Crippen MR) is 104 cm³/mol. The average Bonchev–Trinajstić information content (AvgIpc) is 2.99. The van der Waals surface area contributed by atoms with Gasteiger partial charge in [0, 0.05) is 6.92 Å². The highest BCUT2D eigenvalue weighted by Gasteiger charge is 2.47. The van der Waals surface area contributed by atoms with E-state index in [-0.39, 0.29) is 17.4 Å². The molecule has 1 aliphatic heterocycles. The normalized spacial score (nSPS) is 29.4. The molecule has 1 heterocycles. The largest absolute Gasteiger partial charge is 0.466 e. The van der Waals surface area contributed by atoms with Gasteiger partial charge < -0.3 is 14.6 Å². The predicted octanol–water partition coefficient (Wildman–Crippen LogP) is 3.95. The molecule has 1 N–H and O–H groups in total. The summed E-state index contributed by atoms with van der Waals surface area (Å²) in [5, 5.41) is 10.3. The van der Waals surface area contributed by atoms with Crippen molar-refractivity contribution in [2.45, 2.75) is 72.8 Å². The molecular formula is C22H34O5. The Bertz CT molecular complexity index is 633. The van der Waals surface area contributed by atoms with Gasteiger partial charge in [-0.25, -0.2) is 4.79 Å². The van der Waals surface area contributed by atoms with Gasteiger partial charge in [-0.05, 0) is 61.9 Å². The molecule has 5 nitrogen and oxygen atoms in total. The van der Waals surface area contributed by atoms with Crippen molar-refractivity contribution < 1.29 is 24.2 Å². The van der Waals surface area contributed by atoms with E-state index >= 15 is 0 Å². The average molecular weight is 379 g/mol. The molecule has 0 spiro atoms. The zero-order chi connectivity index (χ0) is 20.2. The van der Waals surface area contributed by atoms with Crippen LogP contribution in [0.15, 0.2) is 22.8 Å². The third kappa shape index (κ3) is 5.22. The molecule has 0 aromatic rings. The number of allylic oxidation sites excluding steroid dienone is 2. The van der Waals surface area contributed by atoms with Crippen molar-refractivity contribution in [3.05, 3.63) is 22.8 Å². The standard InChI is InChI=1S/C22H34O5/c1-14(7-6-8-15(2)12-26-17(4)23)9-10-22(5)16(3)11-19(24)20-18(22)13-27-21(20)25/h7,15-16,19,24H,6,8-13H2,1-5H3/b14-7+/t15?,16-,19?,22+/m1/s1. The molecule has 1 aliphatic carbocycles. The number of esters is 2. The van der Waals surface area contributed by atoms with Crippen LogP contribution in [0.2, 0.25) is 0 Å². The SMILES string of the molecule is CC(=O)OCC(C)CC/C=C(\C)CC[C@]1(C)C2=C(C(=O)OC2)C(O)C[C@H]1C. The number of aliphatic hydroxyl groups excluding tert-OH is 1. The summed E-state index contributed by atoms with van der Waals surface area (Å²) in [6, 6.07) is 0. The van der Waals surface area contributed by atoms with Gasteiger partial charge in [-0.2, -0.15) is 0 Å². The second-order valence-corrected chi connectivity index (χ2v) is 8.57. The number of aliphatic hydroxyl groups is 1. The Morgan fingerprint density at radius 2 is 2.15 bits per heavy atom. The second-order valence-electron chi connectivity index (χ2n) is 8.57. The van der Waals surface area contributed by atoms with E-state index in [1.54, 1.807) is 0 Å². The molecule has 0 amide bonds. The summed E-state index contributed by atoms with van der Waals surface area (Å²) in [6.07, 6.45) is 6.05. The van der Waals surface area contributed by atoms with Crippen LogP contribution in [0.5, 0.6) is 0 Å². The monoisotopic (exact) mass is 378 g/mol. The Balaban J connectivity index is 1.91. The van der Waals surface area contributed by atoms with Crippen molar-refractivity contribution in [3.63, 3.8) is 0 Å². The Kier molecular flexibility index (Phi) is 7.26. The van der Waals surface area contributed by atoms with E-state index in [9.17, 15) is 14.7 Å². The molecule has 4 atom stereocenters. The molecule has 0 aromatic heterocycles. The maximum atomic E-state index is 12.0. The van der Waals surface area contributed by atoms with Gasteiger partial charge in [0.25, 0.3) is 0 Å². The highest BCUT2D eigenvalue weighted by Crippen LogP contribution is 2.50. The van der Waals surface area contributed by atoms with E-state index in [1.807, 2.05) is 0 Å². The fourth-order valence-corrected chi connectivity index (χ4v) is 4.15. The van der Waals surface area contributed by atoms with Gasteiger partial charge in [-0.1, -0.05) is 32.4 Å². The smallest absolute Gasteiger partial charge is 0.337 e. The summed E-state index contributed by atoms with van der Waals surface area (Å²) in [6.45, 7) is 10.8. The first-order chi connectivity index (χ1) is 12.6. The zero-order valence-electron chi connectivity index (χ0n) is 17.3. The number of ether oxygens (including phenoxy) is 2. The number of rotatable bonds is 8. The number of cyclic esters (lactones) is 1. The molecule has 0 fully saturated rings. The van der Waals surface area contributed by atoms with Crippen LogP contribution in [0.1, 0.15) is 66.7 Å². The van der Waals surface area contributed by atoms with Gasteiger partial charge in [-0.15, -0.1) is 0 Å². The van der Waals surface area contributed by atoms with Crippen LogP contribution in [0.25, 0.3) is 0 Å². The van der Waals surface area contributed by atoms with Gasteiger partial charge in [0.1, 0.15) is 6.61 Å². The molecule has 0 radical (unpaired) electrons. The first-order valence-corrected chi connectivity index (χ1v) is 10.0. The Hall–Kier alpha value is -1.62. The van der Waals surface area contributed by atoms with E-state index in [0.717, 1.165) is 31.3 Å². The van der Waals surface area contributed by atoms with Crippen LogP contribution in [0.4, 0.5) is 0 Å². The highest BCUT2D eigenvalue weighted by molar-refractivity contribution is 5.93. The summed E-state index contributed by atoms with van der Waals surface area (Å²) in [7, 11) is 0. The van der Waals surface area contributed by atoms with E-state index in [1.165, 1.54) is 12.5 Å². The fraction of sp³-hybridized carbons (Fsp3) is 0.727. The number of carbonyl (C=O) groups is 2. The third-order valence-corrected chi connectivity index (χ3v) is 6.34. The lowest BCUT2D eigenvalue weighted by Gasteiger charge is -2.42. The lowest BCUT2D eigenvalue weighted by Crippen LogP contribution is -2.38.